The van der Waals surface area contributed by atoms with Gasteiger partial charge in [-0.05, 0) is 25.0 Å². The van der Waals surface area contributed by atoms with Crippen molar-refractivity contribution in [3.63, 3.8) is 0 Å². The monoisotopic (exact) mass is 177 g/mol. The average molecular weight is 177 g/mol. The lowest BCUT2D eigenvalue weighted by Gasteiger charge is -2.23. The first-order valence-corrected chi connectivity index (χ1v) is 4.86. The maximum absolute atomic E-state index is 10.1. The normalized spacial score (nSPS) is 15.3. The zero-order valence-corrected chi connectivity index (χ0v) is 8.38. The summed E-state index contributed by atoms with van der Waals surface area (Å²) >= 11 is 0. The van der Waals surface area contributed by atoms with Gasteiger partial charge in [-0.15, -0.1) is 0 Å². The largest absolute Gasteiger partial charge is 0.385 e. The lowest BCUT2D eigenvalue weighted by atomic mass is 9.91. The zero-order valence-electron chi connectivity index (χ0n) is 8.38. The number of hydrogen-bond acceptors (Lipinski definition) is 1. The molecule has 0 aromatic heterocycles. The molecule has 0 aliphatic heterocycles. The maximum Gasteiger partial charge on any atom is 0.0874 e. The maximum atomic E-state index is 10.1. The second-order valence-electron chi connectivity index (χ2n) is 3.65. The summed E-state index contributed by atoms with van der Waals surface area (Å²) in [4.78, 5) is 0. The minimum Gasteiger partial charge on any atom is -0.385 e. The number of hydrogen-bond donors (Lipinski definition) is 1. The Bertz CT molecular complexity index is 239. The third-order valence-corrected chi connectivity index (χ3v) is 2.31. The molecule has 1 N–H and O–H groups in total. The summed E-state index contributed by atoms with van der Waals surface area (Å²) in [7, 11) is 0. The lowest BCUT2D eigenvalue weighted by Crippen LogP contribution is -2.20. The van der Waals surface area contributed by atoms with E-state index in [4.69, 9.17) is 0 Å². The molecule has 1 atom stereocenters. The Morgan fingerprint density at radius 1 is 1.46 bits per heavy atom. The highest BCUT2D eigenvalue weighted by Gasteiger charge is 2.21. The van der Waals surface area contributed by atoms with Gasteiger partial charge in [0.05, 0.1) is 5.60 Å². The van der Waals surface area contributed by atoms with Crippen LogP contribution in [0.3, 0.4) is 0 Å². The van der Waals surface area contributed by atoms with Crippen molar-refractivity contribution in [2.45, 2.75) is 38.7 Å². The summed E-state index contributed by atoms with van der Waals surface area (Å²) in [6.45, 7) is 3.99. The van der Waals surface area contributed by atoms with Crippen LogP contribution >= 0.6 is 0 Å². The second kappa shape index (κ2) is 4.43. The van der Waals surface area contributed by atoms with Crippen LogP contribution in [-0.4, -0.2) is 5.11 Å². The van der Waals surface area contributed by atoms with Crippen molar-refractivity contribution in [2.24, 2.45) is 0 Å². The molecule has 0 amide bonds. The molecule has 0 fully saturated rings. The molecule has 1 rings (SSSR count). The minimum atomic E-state index is -0.711. The van der Waals surface area contributed by atoms with E-state index >= 15 is 0 Å². The highest BCUT2D eigenvalue weighted by atomic mass is 16.3. The Hall–Kier alpha value is -0.820. The fourth-order valence-corrected chi connectivity index (χ4v) is 1.38. The topological polar surface area (TPSA) is 20.2 Å². The molecule has 0 heterocycles. The van der Waals surface area contributed by atoms with Crippen molar-refractivity contribution in [1.29, 1.82) is 0 Å². The molecule has 1 aromatic rings. The van der Waals surface area contributed by atoms with Gasteiger partial charge in [-0.2, -0.15) is 0 Å². The number of rotatable bonds is 4. The summed E-state index contributed by atoms with van der Waals surface area (Å²) in [5.74, 6) is 0. The molecular formula is C12H17O. The van der Waals surface area contributed by atoms with Gasteiger partial charge in [0.15, 0.2) is 0 Å². The fourth-order valence-electron chi connectivity index (χ4n) is 1.38. The van der Waals surface area contributed by atoms with Gasteiger partial charge in [0.1, 0.15) is 0 Å². The molecule has 1 heteroatoms. The SMILES string of the molecule is CCCCC(C)(O)c1[c]cccc1. The molecule has 0 saturated carbocycles. The van der Waals surface area contributed by atoms with E-state index in [-0.39, 0.29) is 0 Å². The highest BCUT2D eigenvalue weighted by molar-refractivity contribution is 5.19. The van der Waals surface area contributed by atoms with Gasteiger partial charge in [-0.3, -0.25) is 0 Å². The Balaban J connectivity index is 2.69. The highest BCUT2D eigenvalue weighted by Crippen LogP contribution is 2.25. The Labute approximate surface area is 80.4 Å². The van der Waals surface area contributed by atoms with E-state index in [9.17, 15) is 5.11 Å². The number of unbranched alkanes of at least 4 members (excludes halogenated alkanes) is 1. The van der Waals surface area contributed by atoms with E-state index in [0.717, 1.165) is 24.8 Å². The predicted molar refractivity (Wildman–Crippen MR) is 54.4 cm³/mol. The van der Waals surface area contributed by atoms with Gasteiger partial charge in [-0.1, -0.05) is 44.0 Å². The quantitative estimate of drug-likeness (QED) is 0.749. The molecule has 1 unspecified atom stereocenters. The van der Waals surface area contributed by atoms with Crippen LogP contribution in [-0.2, 0) is 5.60 Å². The van der Waals surface area contributed by atoms with E-state index in [2.05, 4.69) is 13.0 Å². The van der Waals surface area contributed by atoms with E-state index in [0.29, 0.717) is 0 Å². The third-order valence-electron chi connectivity index (χ3n) is 2.31. The van der Waals surface area contributed by atoms with Gasteiger partial charge >= 0.3 is 0 Å². The standard InChI is InChI=1S/C12H17O/c1-3-4-10-12(2,13)11-8-6-5-7-9-11/h5-8,13H,3-4,10H2,1-2H3. The van der Waals surface area contributed by atoms with Gasteiger partial charge in [0.25, 0.3) is 0 Å². The molecular weight excluding hydrogens is 160 g/mol. The van der Waals surface area contributed by atoms with Crippen LogP contribution < -0.4 is 0 Å². The van der Waals surface area contributed by atoms with E-state index in [1.54, 1.807) is 0 Å². The lowest BCUT2D eigenvalue weighted by molar-refractivity contribution is 0.0451. The summed E-state index contributed by atoms with van der Waals surface area (Å²) in [5.41, 5.74) is 0.181. The third kappa shape index (κ3) is 2.85. The van der Waals surface area contributed by atoms with Gasteiger partial charge in [0, 0.05) is 0 Å². The molecule has 0 bridgehead atoms. The van der Waals surface area contributed by atoms with E-state index in [1.807, 2.05) is 31.2 Å². The van der Waals surface area contributed by atoms with Crippen molar-refractivity contribution in [3.05, 3.63) is 35.9 Å². The molecule has 0 saturated heterocycles. The number of benzene rings is 1. The van der Waals surface area contributed by atoms with Crippen molar-refractivity contribution in [1.82, 2.24) is 0 Å². The molecule has 71 valence electrons. The van der Waals surface area contributed by atoms with Crippen molar-refractivity contribution < 1.29 is 5.11 Å². The van der Waals surface area contributed by atoms with Crippen molar-refractivity contribution in [3.8, 4) is 0 Å². The minimum absolute atomic E-state index is 0.711. The first kappa shape index (κ1) is 10.3. The molecule has 0 aliphatic rings. The summed E-state index contributed by atoms with van der Waals surface area (Å²) in [6.07, 6.45) is 2.97. The summed E-state index contributed by atoms with van der Waals surface area (Å²) in [6, 6.07) is 10.7. The molecule has 0 spiro atoms. The van der Waals surface area contributed by atoms with E-state index in [1.165, 1.54) is 0 Å². The summed E-state index contributed by atoms with van der Waals surface area (Å²) < 4.78 is 0. The molecule has 1 aromatic carbocycles. The van der Waals surface area contributed by atoms with Gasteiger partial charge in [0.2, 0.25) is 0 Å². The first-order chi connectivity index (χ1) is 6.17. The number of aliphatic hydroxyl groups is 1. The van der Waals surface area contributed by atoms with Crippen LogP contribution in [0, 0.1) is 6.07 Å². The molecule has 13 heavy (non-hydrogen) atoms. The van der Waals surface area contributed by atoms with Gasteiger partial charge in [-0.25, -0.2) is 0 Å². The van der Waals surface area contributed by atoms with Crippen LogP contribution in [0.15, 0.2) is 24.3 Å². The molecule has 1 nitrogen and oxygen atoms in total. The van der Waals surface area contributed by atoms with Crippen LogP contribution in [0.25, 0.3) is 0 Å². The zero-order chi connectivity index (χ0) is 9.73. The average Bonchev–Trinajstić information content (AvgIpc) is 2.16. The van der Waals surface area contributed by atoms with Crippen LogP contribution in [0.5, 0.6) is 0 Å². The molecule has 0 aliphatic carbocycles. The predicted octanol–water partition coefficient (Wildman–Crippen LogP) is 2.88. The fraction of sp³-hybridized carbons (Fsp3) is 0.500. The summed E-state index contributed by atoms with van der Waals surface area (Å²) in [5, 5.41) is 10.1. The van der Waals surface area contributed by atoms with E-state index < -0.39 is 5.60 Å². The van der Waals surface area contributed by atoms with Crippen LogP contribution in [0.1, 0.15) is 38.7 Å². The van der Waals surface area contributed by atoms with Crippen molar-refractivity contribution >= 4 is 0 Å². The Morgan fingerprint density at radius 2 is 2.23 bits per heavy atom. The van der Waals surface area contributed by atoms with Crippen LogP contribution in [0.2, 0.25) is 0 Å². The van der Waals surface area contributed by atoms with Crippen LogP contribution in [0.4, 0.5) is 0 Å². The van der Waals surface area contributed by atoms with Gasteiger partial charge < -0.3 is 5.11 Å². The Morgan fingerprint density at radius 3 is 2.77 bits per heavy atom. The Kier molecular flexibility index (Phi) is 3.49. The smallest absolute Gasteiger partial charge is 0.0874 e. The second-order valence-corrected chi connectivity index (χ2v) is 3.65. The van der Waals surface area contributed by atoms with Crippen molar-refractivity contribution in [2.75, 3.05) is 0 Å². The first-order valence-electron chi connectivity index (χ1n) is 4.86. The molecule has 1 radical (unpaired) electrons.